The van der Waals surface area contributed by atoms with Crippen molar-refractivity contribution in [1.82, 2.24) is 0 Å². The second kappa shape index (κ2) is 6.94. The van der Waals surface area contributed by atoms with Crippen LogP contribution in [0.3, 0.4) is 0 Å². The highest BCUT2D eigenvalue weighted by molar-refractivity contribution is 9.10. The summed E-state index contributed by atoms with van der Waals surface area (Å²) in [5.74, 6) is 0. The highest BCUT2D eigenvalue weighted by Crippen LogP contribution is 2.39. The minimum absolute atomic E-state index is 1.11. The van der Waals surface area contributed by atoms with E-state index in [9.17, 15) is 0 Å². The lowest BCUT2D eigenvalue weighted by Gasteiger charge is -2.31. The zero-order valence-corrected chi connectivity index (χ0v) is 13.3. The molecule has 0 aliphatic heterocycles. The van der Waals surface area contributed by atoms with Crippen LogP contribution >= 0.6 is 37.7 Å². The summed E-state index contributed by atoms with van der Waals surface area (Å²) in [6, 6.07) is 8.49. The van der Waals surface area contributed by atoms with E-state index in [0.29, 0.717) is 0 Å². The summed E-state index contributed by atoms with van der Waals surface area (Å²) >= 11 is 3.51. The van der Waals surface area contributed by atoms with Crippen molar-refractivity contribution < 1.29 is 3.89 Å². The number of hydrogen-bond donors (Lipinski definition) is 0. The lowest BCUT2D eigenvalue weighted by atomic mass is 10.4. The van der Waals surface area contributed by atoms with Crippen LogP contribution in [0.2, 0.25) is 0 Å². The minimum atomic E-state index is 1.11. The predicted molar refractivity (Wildman–Crippen MR) is 79.5 cm³/mol. The number of hydrogen-bond acceptors (Lipinski definition) is 2. The lowest BCUT2D eigenvalue weighted by Crippen LogP contribution is -2.39. The van der Waals surface area contributed by atoms with Gasteiger partial charge in [0.15, 0.2) is 11.0 Å². The molecular weight excluding hydrogens is 302 g/mol. The molecule has 0 aliphatic rings. The number of halogens is 1. The maximum absolute atomic E-state index is 3.51. The summed E-state index contributed by atoms with van der Waals surface area (Å²) in [6.07, 6.45) is 0. The standard InChI is InChI=1S/C12H19BrNS2/c1-4-14(5-2,6-3)16-15-12-9-7-8-11(13)10-12/h7-10H,4-6H2,1-3H3/q+1. The van der Waals surface area contributed by atoms with E-state index in [-0.39, 0.29) is 0 Å². The Morgan fingerprint density at radius 2 is 1.75 bits per heavy atom. The Balaban J connectivity index is 2.62. The van der Waals surface area contributed by atoms with Gasteiger partial charge in [0.25, 0.3) is 0 Å². The van der Waals surface area contributed by atoms with E-state index < -0.39 is 0 Å². The molecule has 1 aromatic carbocycles. The Morgan fingerprint density at radius 3 is 2.25 bits per heavy atom. The Bertz CT molecular complexity index is 318. The molecule has 90 valence electrons. The van der Waals surface area contributed by atoms with Crippen LogP contribution in [0.15, 0.2) is 33.6 Å². The molecule has 0 bridgehead atoms. The third-order valence-corrected chi connectivity index (χ3v) is 6.67. The zero-order valence-electron chi connectivity index (χ0n) is 10.1. The first-order valence-electron chi connectivity index (χ1n) is 5.63. The first-order valence-corrected chi connectivity index (χ1v) is 8.53. The van der Waals surface area contributed by atoms with Crippen LogP contribution in [-0.2, 0) is 0 Å². The van der Waals surface area contributed by atoms with E-state index in [1.165, 1.54) is 24.5 Å². The topological polar surface area (TPSA) is 0 Å². The number of benzene rings is 1. The predicted octanol–water partition coefficient (Wildman–Crippen LogP) is 4.98. The van der Waals surface area contributed by atoms with Crippen LogP contribution in [-0.4, -0.2) is 23.5 Å². The maximum atomic E-state index is 3.51. The molecule has 0 aromatic heterocycles. The highest BCUT2D eigenvalue weighted by Gasteiger charge is 2.23. The summed E-state index contributed by atoms with van der Waals surface area (Å²) < 4.78 is 2.26. The van der Waals surface area contributed by atoms with Crippen LogP contribution in [0.25, 0.3) is 0 Å². The number of quaternary nitrogens is 1. The van der Waals surface area contributed by atoms with E-state index in [1.54, 1.807) is 0 Å². The molecule has 16 heavy (non-hydrogen) atoms. The lowest BCUT2D eigenvalue weighted by molar-refractivity contribution is -0.787. The zero-order chi connectivity index (χ0) is 12.0. The van der Waals surface area contributed by atoms with E-state index >= 15 is 0 Å². The van der Waals surface area contributed by atoms with Crippen molar-refractivity contribution in [2.45, 2.75) is 25.7 Å². The highest BCUT2D eigenvalue weighted by atomic mass is 79.9. The molecule has 0 radical (unpaired) electrons. The van der Waals surface area contributed by atoms with E-state index in [4.69, 9.17) is 0 Å². The van der Waals surface area contributed by atoms with Crippen molar-refractivity contribution in [3.63, 3.8) is 0 Å². The molecule has 0 saturated carbocycles. The van der Waals surface area contributed by atoms with Gasteiger partial charge in [-0.05, 0) is 39.0 Å². The van der Waals surface area contributed by atoms with E-state index in [1.807, 2.05) is 21.8 Å². The Hall–Kier alpha value is 0.360. The number of rotatable bonds is 6. The van der Waals surface area contributed by atoms with Crippen LogP contribution in [0.1, 0.15) is 20.8 Å². The fraction of sp³-hybridized carbons (Fsp3) is 0.500. The monoisotopic (exact) mass is 320 g/mol. The number of nitrogens with zero attached hydrogens (tertiary/aromatic N) is 1. The Kier molecular flexibility index (Phi) is 6.26. The molecule has 1 aromatic rings. The molecule has 0 amide bonds. The largest absolute Gasteiger partial charge is 0.252 e. The van der Waals surface area contributed by atoms with Crippen LogP contribution in [0.5, 0.6) is 0 Å². The molecule has 0 aliphatic carbocycles. The van der Waals surface area contributed by atoms with Crippen molar-refractivity contribution in [2.24, 2.45) is 0 Å². The van der Waals surface area contributed by atoms with Gasteiger partial charge in [0.05, 0.1) is 19.6 Å². The Labute approximate surface area is 115 Å². The van der Waals surface area contributed by atoms with Crippen molar-refractivity contribution in [1.29, 1.82) is 0 Å². The fourth-order valence-electron chi connectivity index (χ4n) is 1.47. The van der Waals surface area contributed by atoms with Gasteiger partial charge >= 0.3 is 0 Å². The third-order valence-electron chi connectivity index (χ3n) is 2.82. The van der Waals surface area contributed by atoms with Crippen LogP contribution < -0.4 is 0 Å². The molecule has 1 nitrogen and oxygen atoms in total. The fourth-order valence-corrected chi connectivity index (χ4v) is 4.88. The summed E-state index contributed by atoms with van der Waals surface area (Å²) in [5.41, 5.74) is 0. The SMILES string of the molecule is CC[N+](CC)(CC)SSc1cccc(Br)c1. The second-order valence-corrected chi connectivity index (χ2v) is 7.05. The van der Waals surface area contributed by atoms with Gasteiger partial charge in [-0.15, -0.1) is 0 Å². The molecule has 0 heterocycles. The molecule has 0 atom stereocenters. The quantitative estimate of drug-likeness (QED) is 0.412. The van der Waals surface area contributed by atoms with E-state index in [0.717, 1.165) is 8.36 Å². The van der Waals surface area contributed by atoms with Crippen molar-refractivity contribution >= 4 is 37.7 Å². The summed E-state index contributed by atoms with van der Waals surface area (Å²) in [4.78, 5) is 1.32. The molecule has 1 rings (SSSR count). The first kappa shape index (κ1) is 14.4. The van der Waals surface area contributed by atoms with Gasteiger partial charge in [0.1, 0.15) is 0 Å². The summed E-state index contributed by atoms with van der Waals surface area (Å²) in [5, 5.41) is 0. The van der Waals surface area contributed by atoms with Gasteiger partial charge in [-0.2, -0.15) is 0 Å². The smallest absolute Gasteiger partial charge is 0.152 e. The minimum Gasteiger partial charge on any atom is -0.252 e. The van der Waals surface area contributed by atoms with Gasteiger partial charge in [-0.3, -0.25) is 3.89 Å². The molecule has 0 N–H and O–H groups in total. The Morgan fingerprint density at radius 1 is 1.12 bits per heavy atom. The average molecular weight is 321 g/mol. The second-order valence-electron chi connectivity index (χ2n) is 3.62. The first-order chi connectivity index (χ1) is 7.65. The maximum Gasteiger partial charge on any atom is 0.152 e. The van der Waals surface area contributed by atoms with E-state index in [2.05, 4.69) is 61.0 Å². The van der Waals surface area contributed by atoms with Crippen LogP contribution in [0, 0.1) is 0 Å². The normalized spacial score (nSPS) is 11.8. The molecule has 0 fully saturated rings. The molecular formula is C12H19BrNS2+. The average Bonchev–Trinajstić information content (AvgIpc) is 2.32. The van der Waals surface area contributed by atoms with Crippen molar-refractivity contribution in [2.75, 3.05) is 19.6 Å². The van der Waals surface area contributed by atoms with Crippen molar-refractivity contribution in [3.05, 3.63) is 28.7 Å². The summed E-state index contributed by atoms with van der Waals surface area (Å²) in [7, 11) is 3.84. The van der Waals surface area contributed by atoms with Gasteiger partial charge in [-0.25, -0.2) is 0 Å². The molecule has 0 unspecified atom stereocenters. The van der Waals surface area contributed by atoms with Gasteiger partial charge in [0.2, 0.25) is 0 Å². The molecule has 4 heteroatoms. The summed E-state index contributed by atoms with van der Waals surface area (Å²) in [6.45, 7) is 10.3. The van der Waals surface area contributed by atoms with Gasteiger partial charge in [0, 0.05) is 20.2 Å². The third kappa shape index (κ3) is 3.99. The van der Waals surface area contributed by atoms with Crippen molar-refractivity contribution in [3.8, 4) is 0 Å². The van der Waals surface area contributed by atoms with Crippen LogP contribution in [0.4, 0.5) is 0 Å². The molecule has 0 spiro atoms. The molecule has 0 saturated heterocycles. The van der Waals surface area contributed by atoms with Gasteiger partial charge < -0.3 is 0 Å². The van der Waals surface area contributed by atoms with Gasteiger partial charge in [-0.1, -0.05) is 22.0 Å².